The first kappa shape index (κ1) is 15.2. The molecular formula is C17H24N3O2+. The van der Waals surface area contributed by atoms with Gasteiger partial charge in [-0.3, -0.25) is 14.5 Å². The molecule has 3 aliphatic rings. The lowest BCUT2D eigenvalue weighted by Crippen LogP contribution is -2.72. The van der Waals surface area contributed by atoms with E-state index < -0.39 is 0 Å². The normalized spacial score (nSPS) is 28.2. The number of nitrogens with one attached hydrogen (secondary N) is 1. The van der Waals surface area contributed by atoms with Gasteiger partial charge < -0.3 is 9.80 Å². The maximum absolute atomic E-state index is 12.6. The van der Waals surface area contributed by atoms with Crippen LogP contribution in [-0.2, 0) is 4.79 Å². The van der Waals surface area contributed by atoms with Crippen molar-refractivity contribution >= 4 is 17.4 Å². The van der Waals surface area contributed by atoms with Gasteiger partial charge in [0.25, 0.3) is 5.91 Å². The largest absolute Gasteiger partial charge is 0.321 e. The third kappa shape index (κ3) is 2.78. The van der Waals surface area contributed by atoms with Crippen LogP contribution in [0.2, 0.25) is 0 Å². The first-order valence-electron chi connectivity index (χ1n) is 8.00. The fourth-order valence-electron chi connectivity index (χ4n) is 3.58. The zero-order valence-electron chi connectivity index (χ0n) is 13.3. The molecule has 5 heteroatoms. The van der Waals surface area contributed by atoms with Crippen molar-refractivity contribution in [2.45, 2.75) is 19.9 Å². The number of nitrogens with zero attached hydrogens (tertiary/aromatic N) is 2. The third-order valence-electron chi connectivity index (χ3n) is 5.32. The fourth-order valence-corrected chi connectivity index (χ4v) is 3.58. The average Bonchev–Trinajstić information content (AvgIpc) is 2.56. The molecule has 2 bridgehead atoms. The highest BCUT2D eigenvalue weighted by Gasteiger charge is 2.45. The first-order chi connectivity index (χ1) is 10.5. The summed E-state index contributed by atoms with van der Waals surface area (Å²) in [6, 6.07) is 7.12. The number of Topliss-reactive ketones (excluding diaryl/α,β-unsaturated/α-hetero) is 1. The second kappa shape index (κ2) is 5.82. The minimum atomic E-state index is -0.0524. The van der Waals surface area contributed by atoms with Crippen molar-refractivity contribution in [1.29, 1.82) is 0 Å². The Bertz CT molecular complexity index is 578. The number of hydrogen-bond acceptors (Lipinski definition) is 3. The highest BCUT2D eigenvalue weighted by atomic mass is 16.2. The maximum atomic E-state index is 12.6. The van der Waals surface area contributed by atoms with Crippen LogP contribution in [0, 0.1) is 0 Å². The minimum absolute atomic E-state index is 0.0122. The highest BCUT2D eigenvalue weighted by Crippen LogP contribution is 2.24. The van der Waals surface area contributed by atoms with E-state index in [0.717, 1.165) is 43.8 Å². The van der Waals surface area contributed by atoms with Gasteiger partial charge in [-0.1, -0.05) is 12.1 Å². The Balaban J connectivity index is 1.71. The minimum Gasteiger partial charge on any atom is -0.321 e. The topological polar surface area (TPSA) is 49.4 Å². The number of quaternary nitrogens is 1. The Morgan fingerprint density at radius 2 is 1.82 bits per heavy atom. The zero-order chi connectivity index (χ0) is 15.7. The number of anilines is 1. The number of hydrogen-bond donors (Lipinski definition) is 1. The van der Waals surface area contributed by atoms with Gasteiger partial charge in [0.2, 0.25) is 0 Å². The molecule has 4 rings (SSSR count). The van der Waals surface area contributed by atoms with Crippen LogP contribution in [0.15, 0.2) is 24.3 Å². The van der Waals surface area contributed by atoms with E-state index in [0.29, 0.717) is 11.3 Å². The van der Waals surface area contributed by atoms with Gasteiger partial charge in [0.05, 0.1) is 19.6 Å². The van der Waals surface area contributed by atoms with Crippen molar-refractivity contribution in [2.75, 3.05) is 44.6 Å². The summed E-state index contributed by atoms with van der Waals surface area (Å²) in [5.41, 5.74) is 1.34. The molecule has 0 unspecified atom stereocenters. The summed E-state index contributed by atoms with van der Waals surface area (Å²) in [5, 5.41) is 2.99. The second-order valence-corrected chi connectivity index (χ2v) is 6.53. The Hall–Kier alpha value is -1.72. The van der Waals surface area contributed by atoms with Crippen molar-refractivity contribution in [2.24, 2.45) is 0 Å². The Kier molecular flexibility index (Phi) is 4.02. The van der Waals surface area contributed by atoms with E-state index in [1.54, 1.807) is 12.1 Å². The quantitative estimate of drug-likeness (QED) is 0.675. The van der Waals surface area contributed by atoms with Crippen molar-refractivity contribution in [3.8, 4) is 0 Å². The number of rotatable bonds is 4. The molecule has 1 atom stereocenters. The molecule has 1 N–H and O–H groups in total. The molecule has 0 spiro atoms. The first-order valence-corrected chi connectivity index (χ1v) is 8.00. The Morgan fingerprint density at radius 1 is 1.18 bits per heavy atom. The number of fused-ring (bicyclic) bond motifs is 3. The number of carbonyl (C=O) groups excluding carboxylic acids is 2. The number of piperazine rings is 3. The van der Waals surface area contributed by atoms with E-state index >= 15 is 0 Å². The standard InChI is InChI=1S/C17H23N3O2/c1-13(20-9-6-19(7-10-20)8-11-20)17(22)18-16-5-3-4-15(12-16)14(2)21/h3-5,12-13H,6-11H2,1-2H3/p+1/t13-/m1/s1. The Labute approximate surface area is 131 Å². The molecule has 0 aromatic heterocycles. The van der Waals surface area contributed by atoms with E-state index in [-0.39, 0.29) is 17.7 Å². The van der Waals surface area contributed by atoms with Gasteiger partial charge in [-0.05, 0) is 26.0 Å². The van der Waals surface area contributed by atoms with Gasteiger partial charge in [-0.15, -0.1) is 0 Å². The van der Waals surface area contributed by atoms with Crippen molar-refractivity contribution in [3.05, 3.63) is 29.8 Å². The highest BCUT2D eigenvalue weighted by molar-refractivity contribution is 5.98. The summed E-state index contributed by atoms with van der Waals surface area (Å²) in [7, 11) is 0. The van der Waals surface area contributed by atoms with Crippen LogP contribution in [-0.4, -0.2) is 66.4 Å². The molecule has 3 saturated heterocycles. The summed E-state index contributed by atoms with van der Waals surface area (Å²) < 4.78 is 0.898. The van der Waals surface area contributed by atoms with Crippen LogP contribution < -0.4 is 5.32 Å². The van der Waals surface area contributed by atoms with E-state index in [9.17, 15) is 9.59 Å². The molecular weight excluding hydrogens is 278 g/mol. The van der Waals surface area contributed by atoms with Crippen molar-refractivity contribution in [3.63, 3.8) is 0 Å². The van der Waals surface area contributed by atoms with Gasteiger partial charge >= 0.3 is 0 Å². The molecule has 3 heterocycles. The molecule has 0 saturated carbocycles. The van der Waals surface area contributed by atoms with Crippen molar-refractivity contribution < 1.29 is 14.1 Å². The lowest BCUT2D eigenvalue weighted by Gasteiger charge is -2.52. The van der Waals surface area contributed by atoms with Crippen molar-refractivity contribution in [1.82, 2.24) is 4.90 Å². The lowest BCUT2D eigenvalue weighted by molar-refractivity contribution is -0.953. The molecule has 1 aromatic carbocycles. The number of benzene rings is 1. The molecule has 22 heavy (non-hydrogen) atoms. The molecule has 3 aliphatic heterocycles. The van der Waals surface area contributed by atoms with E-state index in [1.165, 1.54) is 6.92 Å². The summed E-state index contributed by atoms with van der Waals surface area (Å²) >= 11 is 0. The molecule has 118 valence electrons. The number of amides is 1. The summed E-state index contributed by atoms with van der Waals surface area (Å²) in [6.45, 7) is 10.0. The molecule has 1 aromatic rings. The Morgan fingerprint density at radius 3 is 2.41 bits per heavy atom. The van der Waals surface area contributed by atoms with Crippen LogP contribution in [0.25, 0.3) is 0 Å². The molecule has 0 radical (unpaired) electrons. The summed E-state index contributed by atoms with van der Waals surface area (Å²) in [4.78, 5) is 26.6. The number of carbonyl (C=O) groups is 2. The van der Waals surface area contributed by atoms with Crippen LogP contribution in [0.3, 0.4) is 0 Å². The predicted molar refractivity (Wildman–Crippen MR) is 85.8 cm³/mol. The van der Waals surface area contributed by atoms with E-state index in [2.05, 4.69) is 10.2 Å². The molecule has 1 amide bonds. The second-order valence-electron chi connectivity index (χ2n) is 6.53. The van der Waals surface area contributed by atoms with Crippen LogP contribution in [0.5, 0.6) is 0 Å². The van der Waals surface area contributed by atoms with Crippen LogP contribution in [0.1, 0.15) is 24.2 Å². The fraction of sp³-hybridized carbons (Fsp3) is 0.529. The van der Waals surface area contributed by atoms with Gasteiger partial charge in [-0.2, -0.15) is 0 Å². The third-order valence-corrected chi connectivity index (χ3v) is 5.32. The zero-order valence-corrected chi connectivity index (χ0v) is 13.3. The molecule has 0 aliphatic carbocycles. The molecule has 5 nitrogen and oxygen atoms in total. The van der Waals surface area contributed by atoms with Gasteiger partial charge in [0.15, 0.2) is 11.8 Å². The lowest BCUT2D eigenvalue weighted by atomic mass is 10.1. The van der Waals surface area contributed by atoms with E-state index in [1.807, 2.05) is 19.1 Å². The van der Waals surface area contributed by atoms with Gasteiger partial charge in [0, 0.05) is 30.9 Å². The maximum Gasteiger partial charge on any atom is 0.282 e. The summed E-state index contributed by atoms with van der Waals surface area (Å²) in [6.07, 6.45) is 0. The molecule has 3 fully saturated rings. The van der Waals surface area contributed by atoms with Crippen LogP contribution in [0.4, 0.5) is 5.69 Å². The van der Waals surface area contributed by atoms with Gasteiger partial charge in [0.1, 0.15) is 0 Å². The van der Waals surface area contributed by atoms with E-state index in [4.69, 9.17) is 0 Å². The smallest absolute Gasteiger partial charge is 0.282 e. The SMILES string of the molecule is CC(=O)c1cccc(NC(=O)[C@@H](C)[N+]23CCN(CC2)CC3)c1. The monoisotopic (exact) mass is 302 g/mol. The van der Waals surface area contributed by atoms with Crippen LogP contribution >= 0.6 is 0 Å². The summed E-state index contributed by atoms with van der Waals surface area (Å²) in [5.74, 6) is 0.0641. The van der Waals surface area contributed by atoms with Gasteiger partial charge in [-0.25, -0.2) is 0 Å². The number of ketones is 1. The average molecular weight is 302 g/mol. The predicted octanol–water partition coefficient (Wildman–Crippen LogP) is 1.36.